The first-order valence-electron chi connectivity index (χ1n) is 11.1. The van der Waals surface area contributed by atoms with Crippen LogP contribution in [0, 0.1) is 0 Å². The predicted octanol–water partition coefficient (Wildman–Crippen LogP) is 4.29. The molecule has 2 aromatic rings. The van der Waals surface area contributed by atoms with Crippen molar-refractivity contribution in [2.45, 2.75) is 43.7 Å². The third-order valence-electron chi connectivity index (χ3n) is 6.64. The molecule has 0 bridgehead atoms. The molecule has 2 heterocycles. The maximum atomic E-state index is 13.5. The van der Waals surface area contributed by atoms with Crippen LogP contribution < -0.4 is 10.1 Å². The van der Waals surface area contributed by atoms with Gasteiger partial charge < -0.3 is 14.8 Å². The average molecular weight is 487 g/mol. The minimum atomic E-state index is -0.489. The lowest BCUT2D eigenvalue weighted by Gasteiger charge is -2.39. The molecule has 166 valence electrons. The maximum absolute atomic E-state index is 13.5. The molecular formula is C25H31BrN2O3. The number of piperidine rings is 1. The van der Waals surface area contributed by atoms with Crippen LogP contribution in [0.15, 0.2) is 53.0 Å². The van der Waals surface area contributed by atoms with Gasteiger partial charge in [0.1, 0.15) is 5.75 Å². The molecule has 2 saturated heterocycles. The number of carbonyl (C=O) groups excluding carboxylic acids is 1. The summed E-state index contributed by atoms with van der Waals surface area (Å²) in [6.07, 6.45) is 3.41. The second-order valence-corrected chi connectivity index (χ2v) is 9.49. The van der Waals surface area contributed by atoms with E-state index in [1.165, 1.54) is 5.56 Å². The number of benzene rings is 2. The van der Waals surface area contributed by atoms with Crippen molar-refractivity contribution in [3.05, 3.63) is 64.1 Å². The summed E-state index contributed by atoms with van der Waals surface area (Å²) >= 11 is 3.50. The molecule has 2 fully saturated rings. The van der Waals surface area contributed by atoms with Gasteiger partial charge in [-0.05, 0) is 61.1 Å². The smallest absolute Gasteiger partial charge is 0.231 e. The van der Waals surface area contributed by atoms with Crippen molar-refractivity contribution < 1.29 is 14.3 Å². The van der Waals surface area contributed by atoms with Gasteiger partial charge in [0.15, 0.2) is 0 Å². The monoisotopic (exact) mass is 486 g/mol. The number of ether oxygens (including phenoxy) is 2. The van der Waals surface area contributed by atoms with E-state index in [-0.39, 0.29) is 11.9 Å². The first kappa shape index (κ1) is 22.3. The summed E-state index contributed by atoms with van der Waals surface area (Å²) in [5.41, 5.74) is 1.86. The molecule has 2 aliphatic heterocycles. The van der Waals surface area contributed by atoms with Gasteiger partial charge >= 0.3 is 0 Å². The van der Waals surface area contributed by atoms with Crippen LogP contribution in [0.4, 0.5) is 0 Å². The molecule has 2 aliphatic rings. The van der Waals surface area contributed by atoms with Crippen LogP contribution in [-0.4, -0.2) is 50.3 Å². The molecule has 0 spiro atoms. The fourth-order valence-corrected chi connectivity index (χ4v) is 4.99. The van der Waals surface area contributed by atoms with E-state index in [2.05, 4.69) is 50.4 Å². The van der Waals surface area contributed by atoms with Crippen LogP contribution in [0.25, 0.3) is 0 Å². The highest BCUT2D eigenvalue weighted by atomic mass is 79.9. The van der Waals surface area contributed by atoms with E-state index in [9.17, 15) is 4.79 Å². The van der Waals surface area contributed by atoms with Crippen LogP contribution in [0.3, 0.4) is 0 Å². The van der Waals surface area contributed by atoms with Crippen LogP contribution in [-0.2, 0) is 21.5 Å². The quantitative estimate of drug-likeness (QED) is 0.661. The summed E-state index contributed by atoms with van der Waals surface area (Å²) in [5.74, 6) is 1.05. The van der Waals surface area contributed by atoms with Gasteiger partial charge in [-0.15, -0.1) is 0 Å². The third kappa shape index (κ3) is 5.30. The van der Waals surface area contributed by atoms with Crippen LogP contribution >= 0.6 is 15.9 Å². The first-order valence-corrected chi connectivity index (χ1v) is 11.9. The van der Waals surface area contributed by atoms with Gasteiger partial charge in [0.2, 0.25) is 5.91 Å². The zero-order valence-electron chi connectivity index (χ0n) is 18.1. The third-order valence-corrected chi connectivity index (χ3v) is 7.17. The van der Waals surface area contributed by atoms with E-state index in [0.29, 0.717) is 13.2 Å². The van der Waals surface area contributed by atoms with E-state index in [0.717, 1.165) is 61.1 Å². The van der Waals surface area contributed by atoms with Crippen molar-refractivity contribution in [1.82, 2.24) is 10.2 Å². The van der Waals surface area contributed by atoms with Gasteiger partial charge in [0.25, 0.3) is 0 Å². The van der Waals surface area contributed by atoms with Gasteiger partial charge in [-0.2, -0.15) is 0 Å². The molecule has 0 unspecified atom stereocenters. The average Bonchev–Trinajstić information content (AvgIpc) is 2.81. The molecule has 2 aromatic carbocycles. The Balaban J connectivity index is 1.36. The van der Waals surface area contributed by atoms with Gasteiger partial charge in [0.05, 0.1) is 12.5 Å². The van der Waals surface area contributed by atoms with Crippen molar-refractivity contribution in [3.63, 3.8) is 0 Å². The molecule has 6 heteroatoms. The molecule has 31 heavy (non-hydrogen) atoms. The Morgan fingerprint density at radius 2 is 1.87 bits per heavy atom. The molecular weight excluding hydrogens is 456 g/mol. The van der Waals surface area contributed by atoms with Crippen molar-refractivity contribution in [1.29, 1.82) is 0 Å². The fourth-order valence-electron chi connectivity index (χ4n) is 4.72. The Morgan fingerprint density at radius 1 is 1.16 bits per heavy atom. The van der Waals surface area contributed by atoms with Crippen molar-refractivity contribution in [3.8, 4) is 5.75 Å². The van der Waals surface area contributed by atoms with Gasteiger partial charge in [-0.1, -0.05) is 40.2 Å². The summed E-state index contributed by atoms with van der Waals surface area (Å²) in [7, 11) is 1.70. The second kappa shape index (κ2) is 10.2. The minimum Gasteiger partial charge on any atom is -0.497 e. The van der Waals surface area contributed by atoms with E-state index in [1.54, 1.807) is 7.11 Å². The Kier molecular flexibility index (Phi) is 7.31. The van der Waals surface area contributed by atoms with Crippen LogP contribution in [0.1, 0.15) is 36.8 Å². The highest BCUT2D eigenvalue weighted by molar-refractivity contribution is 9.10. The molecule has 0 radical (unpaired) electrons. The fraction of sp³-hybridized carbons (Fsp3) is 0.480. The molecule has 0 saturated carbocycles. The lowest BCUT2D eigenvalue weighted by atomic mass is 9.73. The number of hydrogen-bond acceptors (Lipinski definition) is 4. The zero-order valence-corrected chi connectivity index (χ0v) is 19.7. The van der Waals surface area contributed by atoms with Crippen molar-refractivity contribution >= 4 is 21.8 Å². The standard InChI is InChI=1S/C25H31BrN2O3/c1-30-23-4-2-3-19(17-23)18-28-13-9-22(10-14-28)27-24(29)25(11-15-31-16-12-25)20-5-7-21(26)8-6-20/h2-8,17,22H,9-16,18H2,1H3,(H,27,29). The lowest BCUT2D eigenvalue weighted by molar-refractivity contribution is -0.131. The Hall–Kier alpha value is -1.89. The van der Waals surface area contributed by atoms with Crippen molar-refractivity contribution in [2.24, 2.45) is 0 Å². The van der Waals surface area contributed by atoms with E-state index >= 15 is 0 Å². The van der Waals surface area contributed by atoms with Gasteiger partial charge in [-0.25, -0.2) is 0 Å². The predicted molar refractivity (Wildman–Crippen MR) is 125 cm³/mol. The highest BCUT2D eigenvalue weighted by Gasteiger charge is 2.42. The molecule has 0 aliphatic carbocycles. The topological polar surface area (TPSA) is 50.8 Å². The molecule has 0 atom stereocenters. The Morgan fingerprint density at radius 3 is 2.55 bits per heavy atom. The number of likely N-dealkylation sites (tertiary alicyclic amines) is 1. The zero-order chi connectivity index (χ0) is 21.7. The second-order valence-electron chi connectivity index (χ2n) is 8.58. The number of halogens is 1. The van der Waals surface area contributed by atoms with Gasteiger partial charge in [0, 0.05) is 43.4 Å². The number of nitrogens with zero attached hydrogens (tertiary/aromatic N) is 1. The lowest BCUT2D eigenvalue weighted by Crippen LogP contribution is -2.53. The normalized spacial score (nSPS) is 19.7. The van der Waals surface area contributed by atoms with Crippen LogP contribution in [0.5, 0.6) is 5.75 Å². The van der Waals surface area contributed by atoms with Crippen molar-refractivity contribution in [2.75, 3.05) is 33.4 Å². The number of amides is 1. The highest BCUT2D eigenvalue weighted by Crippen LogP contribution is 2.36. The summed E-state index contributed by atoms with van der Waals surface area (Å²) in [6, 6.07) is 16.7. The summed E-state index contributed by atoms with van der Waals surface area (Å²) in [6.45, 7) is 4.13. The summed E-state index contributed by atoms with van der Waals surface area (Å²) < 4.78 is 12.0. The number of nitrogens with one attached hydrogen (secondary N) is 1. The van der Waals surface area contributed by atoms with E-state index < -0.39 is 5.41 Å². The Bertz CT molecular complexity index is 873. The molecule has 0 aromatic heterocycles. The number of methoxy groups -OCH3 is 1. The number of carbonyl (C=O) groups is 1. The molecule has 1 amide bonds. The minimum absolute atomic E-state index is 0.157. The molecule has 5 nitrogen and oxygen atoms in total. The summed E-state index contributed by atoms with van der Waals surface area (Å²) in [4.78, 5) is 16.0. The number of hydrogen-bond donors (Lipinski definition) is 1. The SMILES string of the molecule is COc1cccc(CN2CCC(NC(=O)C3(c4ccc(Br)cc4)CCOCC3)CC2)c1. The van der Waals surface area contributed by atoms with Crippen LogP contribution in [0.2, 0.25) is 0 Å². The molecule has 4 rings (SSSR count). The first-order chi connectivity index (χ1) is 15.1. The largest absolute Gasteiger partial charge is 0.497 e. The van der Waals surface area contributed by atoms with Gasteiger partial charge in [-0.3, -0.25) is 9.69 Å². The van der Waals surface area contributed by atoms with E-state index in [1.807, 2.05) is 24.3 Å². The molecule has 1 N–H and O–H groups in total. The summed E-state index contributed by atoms with van der Waals surface area (Å²) in [5, 5.41) is 3.39. The number of rotatable bonds is 6. The van der Waals surface area contributed by atoms with E-state index in [4.69, 9.17) is 9.47 Å². The maximum Gasteiger partial charge on any atom is 0.231 e. The Labute approximate surface area is 193 Å².